The van der Waals surface area contributed by atoms with Gasteiger partial charge in [-0.25, -0.2) is 9.97 Å². The van der Waals surface area contributed by atoms with Gasteiger partial charge >= 0.3 is 0 Å². The van der Waals surface area contributed by atoms with Crippen LogP contribution >= 0.6 is 23.4 Å². The third kappa shape index (κ3) is 3.35. The van der Waals surface area contributed by atoms with E-state index in [1.807, 2.05) is 23.7 Å². The van der Waals surface area contributed by atoms with E-state index in [9.17, 15) is 0 Å². The predicted molar refractivity (Wildman–Crippen MR) is 63.2 cm³/mol. The molecule has 14 heavy (non-hydrogen) atoms. The van der Waals surface area contributed by atoms with Crippen molar-refractivity contribution in [3.8, 4) is 0 Å². The van der Waals surface area contributed by atoms with E-state index in [1.54, 1.807) is 12.4 Å². The summed E-state index contributed by atoms with van der Waals surface area (Å²) in [5, 5.41) is 0. The van der Waals surface area contributed by atoms with Crippen molar-refractivity contribution in [2.24, 2.45) is 0 Å². The molecule has 0 spiro atoms. The molecule has 78 valence electrons. The van der Waals surface area contributed by atoms with Crippen molar-refractivity contribution in [1.29, 1.82) is 0 Å². The Morgan fingerprint density at radius 1 is 1.43 bits per heavy atom. The van der Waals surface area contributed by atoms with Crippen LogP contribution in [0.25, 0.3) is 0 Å². The Bertz CT molecular complexity index is 265. The Balaban J connectivity index is 2.57. The van der Waals surface area contributed by atoms with Gasteiger partial charge in [-0.2, -0.15) is 11.8 Å². The fraction of sp³-hybridized carbons (Fsp3) is 0.556. The van der Waals surface area contributed by atoms with Gasteiger partial charge in [0.1, 0.15) is 0 Å². The van der Waals surface area contributed by atoms with Crippen LogP contribution in [0.2, 0.25) is 0 Å². The number of thioether (sulfide) groups is 1. The minimum absolute atomic E-state index is 0.467. The number of halogens is 1. The van der Waals surface area contributed by atoms with Gasteiger partial charge in [-0.15, -0.1) is 11.6 Å². The van der Waals surface area contributed by atoms with Crippen LogP contribution in [0.1, 0.15) is 5.56 Å². The zero-order valence-electron chi connectivity index (χ0n) is 8.40. The Morgan fingerprint density at radius 2 is 2.07 bits per heavy atom. The highest BCUT2D eigenvalue weighted by Crippen LogP contribution is 2.07. The quantitative estimate of drug-likeness (QED) is 0.725. The molecule has 1 heterocycles. The summed E-state index contributed by atoms with van der Waals surface area (Å²) >= 11 is 7.46. The molecule has 0 aliphatic carbocycles. The van der Waals surface area contributed by atoms with Gasteiger partial charge in [-0.3, -0.25) is 0 Å². The molecule has 0 radical (unpaired) electrons. The summed E-state index contributed by atoms with van der Waals surface area (Å²) in [5.41, 5.74) is 0.952. The highest BCUT2D eigenvalue weighted by molar-refractivity contribution is 7.98. The summed E-state index contributed by atoms with van der Waals surface area (Å²) in [4.78, 5) is 10.5. The summed E-state index contributed by atoms with van der Waals surface area (Å²) in [6, 6.07) is 0. The summed E-state index contributed by atoms with van der Waals surface area (Å²) in [6.45, 7) is 0.960. The number of rotatable bonds is 5. The Morgan fingerprint density at radius 3 is 2.57 bits per heavy atom. The lowest BCUT2D eigenvalue weighted by Gasteiger charge is -2.15. The molecule has 1 aromatic rings. The molecule has 0 aliphatic rings. The summed E-state index contributed by atoms with van der Waals surface area (Å²) in [7, 11) is 1.99. The molecule has 1 rings (SSSR count). The fourth-order valence-corrected chi connectivity index (χ4v) is 1.54. The molecule has 0 unspecified atom stereocenters. The molecular formula is C9H14ClN3S. The van der Waals surface area contributed by atoms with Crippen molar-refractivity contribution in [1.82, 2.24) is 9.97 Å². The van der Waals surface area contributed by atoms with Crippen LogP contribution in [-0.4, -0.2) is 35.6 Å². The molecule has 5 heteroatoms. The van der Waals surface area contributed by atoms with E-state index in [0.29, 0.717) is 5.88 Å². The van der Waals surface area contributed by atoms with Crippen LogP contribution in [0.3, 0.4) is 0 Å². The average molecular weight is 232 g/mol. The SMILES string of the molecule is CSCCN(C)c1ncc(CCl)cn1. The van der Waals surface area contributed by atoms with E-state index < -0.39 is 0 Å². The molecule has 0 atom stereocenters. The van der Waals surface area contributed by atoms with Crippen molar-refractivity contribution in [2.75, 3.05) is 30.5 Å². The van der Waals surface area contributed by atoms with Gasteiger partial charge in [-0.1, -0.05) is 0 Å². The van der Waals surface area contributed by atoms with Crippen molar-refractivity contribution < 1.29 is 0 Å². The van der Waals surface area contributed by atoms with Gasteiger partial charge in [0.25, 0.3) is 0 Å². The Kier molecular flexibility index (Phi) is 5.04. The first kappa shape index (κ1) is 11.6. The molecule has 0 fully saturated rings. The summed E-state index contributed by atoms with van der Waals surface area (Å²) < 4.78 is 0. The van der Waals surface area contributed by atoms with Gasteiger partial charge in [0.15, 0.2) is 0 Å². The minimum Gasteiger partial charge on any atom is -0.343 e. The number of anilines is 1. The fourth-order valence-electron chi connectivity index (χ4n) is 0.942. The first-order valence-electron chi connectivity index (χ1n) is 4.35. The molecule has 0 aromatic carbocycles. The largest absolute Gasteiger partial charge is 0.343 e. The second-order valence-corrected chi connectivity index (χ2v) is 4.19. The van der Waals surface area contributed by atoms with Crippen molar-refractivity contribution in [2.45, 2.75) is 5.88 Å². The van der Waals surface area contributed by atoms with Gasteiger partial charge in [0.05, 0.1) is 5.88 Å². The smallest absolute Gasteiger partial charge is 0.225 e. The topological polar surface area (TPSA) is 29.0 Å². The predicted octanol–water partition coefficient (Wildman–Crippen LogP) is 2.01. The normalized spacial score (nSPS) is 10.2. The van der Waals surface area contributed by atoms with Crippen LogP contribution in [-0.2, 0) is 5.88 Å². The van der Waals surface area contributed by atoms with E-state index in [1.165, 1.54) is 0 Å². The molecule has 1 aromatic heterocycles. The van der Waals surface area contributed by atoms with Crippen molar-refractivity contribution >= 4 is 29.3 Å². The molecule has 0 aliphatic heterocycles. The van der Waals surface area contributed by atoms with E-state index in [-0.39, 0.29) is 0 Å². The lowest BCUT2D eigenvalue weighted by atomic mass is 10.4. The molecule has 0 bridgehead atoms. The highest BCUT2D eigenvalue weighted by atomic mass is 35.5. The third-order valence-electron chi connectivity index (χ3n) is 1.82. The molecule has 3 nitrogen and oxygen atoms in total. The monoisotopic (exact) mass is 231 g/mol. The maximum Gasteiger partial charge on any atom is 0.225 e. The zero-order valence-corrected chi connectivity index (χ0v) is 9.98. The summed E-state index contributed by atoms with van der Waals surface area (Å²) in [5.74, 6) is 2.30. The maximum absolute atomic E-state index is 5.65. The molecule has 0 amide bonds. The first-order chi connectivity index (χ1) is 6.77. The number of aromatic nitrogens is 2. The van der Waals surface area contributed by atoms with E-state index >= 15 is 0 Å². The van der Waals surface area contributed by atoms with Crippen LogP contribution in [0.15, 0.2) is 12.4 Å². The molecule has 0 saturated heterocycles. The van der Waals surface area contributed by atoms with E-state index in [2.05, 4.69) is 16.2 Å². The van der Waals surface area contributed by atoms with Crippen LogP contribution in [0.5, 0.6) is 0 Å². The minimum atomic E-state index is 0.467. The van der Waals surface area contributed by atoms with Gasteiger partial charge in [0, 0.05) is 37.3 Å². The van der Waals surface area contributed by atoms with Crippen molar-refractivity contribution in [3.05, 3.63) is 18.0 Å². The second kappa shape index (κ2) is 6.09. The zero-order chi connectivity index (χ0) is 10.4. The number of hydrogen-bond donors (Lipinski definition) is 0. The third-order valence-corrected chi connectivity index (χ3v) is 2.72. The standard InChI is InChI=1S/C9H14ClN3S/c1-13(3-4-14-2)9-11-6-8(5-10)7-12-9/h6-7H,3-5H2,1-2H3. The molecular weight excluding hydrogens is 218 g/mol. The number of nitrogens with zero attached hydrogens (tertiary/aromatic N) is 3. The number of hydrogen-bond acceptors (Lipinski definition) is 4. The Labute approximate surface area is 93.9 Å². The maximum atomic E-state index is 5.65. The van der Waals surface area contributed by atoms with Gasteiger partial charge in [0.2, 0.25) is 5.95 Å². The average Bonchev–Trinajstić information content (AvgIpc) is 2.26. The Hall–Kier alpha value is -0.480. The highest BCUT2D eigenvalue weighted by Gasteiger charge is 2.02. The lowest BCUT2D eigenvalue weighted by Crippen LogP contribution is -2.22. The number of alkyl halides is 1. The van der Waals surface area contributed by atoms with Gasteiger partial charge in [-0.05, 0) is 6.26 Å². The van der Waals surface area contributed by atoms with Gasteiger partial charge < -0.3 is 4.90 Å². The van der Waals surface area contributed by atoms with Crippen molar-refractivity contribution in [3.63, 3.8) is 0 Å². The molecule has 0 saturated carbocycles. The van der Waals surface area contributed by atoms with Crippen LogP contribution in [0.4, 0.5) is 5.95 Å². The summed E-state index contributed by atoms with van der Waals surface area (Å²) in [6.07, 6.45) is 5.63. The van der Waals surface area contributed by atoms with E-state index in [0.717, 1.165) is 23.8 Å². The van der Waals surface area contributed by atoms with E-state index in [4.69, 9.17) is 11.6 Å². The molecule has 0 N–H and O–H groups in total. The van der Waals surface area contributed by atoms with Crippen LogP contribution in [0, 0.1) is 0 Å². The lowest BCUT2D eigenvalue weighted by molar-refractivity contribution is 0.902. The second-order valence-electron chi connectivity index (χ2n) is 2.94. The first-order valence-corrected chi connectivity index (χ1v) is 6.27. The van der Waals surface area contributed by atoms with Crippen LogP contribution < -0.4 is 4.90 Å².